The summed E-state index contributed by atoms with van der Waals surface area (Å²) in [5.74, 6) is -6.63. The number of carbonyl (C=O) groups excluding carboxylic acids is 3. The number of fused-ring (bicyclic) bond motifs is 3. The van der Waals surface area contributed by atoms with Crippen molar-refractivity contribution in [2.75, 3.05) is 14.1 Å². The van der Waals surface area contributed by atoms with E-state index in [4.69, 9.17) is 5.73 Å². The molecular weight excluding hydrogens is 512 g/mol. The van der Waals surface area contributed by atoms with Crippen LogP contribution < -0.4 is 5.73 Å². The van der Waals surface area contributed by atoms with Crippen LogP contribution in [0.4, 0.5) is 0 Å². The van der Waals surface area contributed by atoms with E-state index < -0.39 is 58.0 Å². The number of likely N-dealkylation sites (N-methyl/N-ethyl adjacent to an activating group) is 1. The first-order chi connectivity index (χ1) is 18.6. The number of amides is 1. The van der Waals surface area contributed by atoms with Crippen LogP contribution in [-0.4, -0.2) is 68.5 Å². The molecule has 0 bridgehead atoms. The summed E-state index contributed by atoms with van der Waals surface area (Å²) >= 11 is 0. The zero-order valence-electron chi connectivity index (χ0n) is 23.1. The Kier molecular flexibility index (Phi) is 6.24. The van der Waals surface area contributed by atoms with E-state index in [1.807, 2.05) is 24.3 Å². The molecule has 0 radical (unpaired) electrons. The zero-order valence-corrected chi connectivity index (χ0v) is 23.1. The lowest BCUT2D eigenvalue weighted by atomic mass is 9.57. The highest BCUT2D eigenvalue weighted by Crippen LogP contribution is 2.53. The normalized spacial score (nSPS) is 26.5. The number of nitrogens with two attached hydrogens (primary N) is 1. The molecule has 5 rings (SSSR count). The third-order valence-corrected chi connectivity index (χ3v) is 8.67. The maximum atomic E-state index is 14.0. The number of aliphatic hydroxyl groups excluding tert-OH is 2. The van der Waals surface area contributed by atoms with Crippen LogP contribution in [0.15, 0.2) is 53.3 Å². The van der Waals surface area contributed by atoms with Gasteiger partial charge in [-0.1, -0.05) is 51.1 Å². The van der Waals surface area contributed by atoms with Gasteiger partial charge in [0, 0.05) is 11.5 Å². The van der Waals surface area contributed by atoms with E-state index in [2.05, 4.69) is 20.8 Å². The molecule has 1 amide bonds. The highest BCUT2D eigenvalue weighted by atomic mass is 16.3. The number of aromatic hydroxyl groups is 1. The lowest BCUT2D eigenvalue weighted by Crippen LogP contribution is -2.65. The maximum absolute atomic E-state index is 14.0. The molecule has 0 saturated heterocycles. The molecule has 1 fully saturated rings. The molecule has 9 heteroatoms. The van der Waals surface area contributed by atoms with Gasteiger partial charge < -0.3 is 26.2 Å². The molecule has 3 aliphatic rings. The summed E-state index contributed by atoms with van der Waals surface area (Å²) in [7, 11) is 3.15. The topological polar surface area (TPSA) is 161 Å². The minimum atomic E-state index is -2.65. The number of phenolic OH excluding ortho intramolecular Hbond substituents is 1. The Labute approximate surface area is 232 Å². The minimum absolute atomic E-state index is 0.0448. The number of hydrogen-bond donors (Lipinski definition) is 5. The molecule has 2 aromatic rings. The van der Waals surface area contributed by atoms with Crippen LogP contribution in [0.2, 0.25) is 0 Å². The molecule has 9 nitrogen and oxygen atoms in total. The third-order valence-electron chi connectivity index (χ3n) is 8.67. The smallest absolute Gasteiger partial charge is 0.255 e. The Hall–Kier alpha value is -3.95. The van der Waals surface area contributed by atoms with E-state index in [9.17, 15) is 34.8 Å². The second kappa shape index (κ2) is 9.04. The van der Waals surface area contributed by atoms with Crippen molar-refractivity contribution in [2.24, 2.45) is 17.6 Å². The van der Waals surface area contributed by atoms with Gasteiger partial charge in [0.1, 0.15) is 22.8 Å². The molecule has 1 saturated carbocycles. The van der Waals surface area contributed by atoms with Crippen molar-refractivity contribution in [3.05, 3.63) is 70.0 Å². The van der Waals surface area contributed by atoms with Gasteiger partial charge in [-0.3, -0.25) is 19.3 Å². The van der Waals surface area contributed by atoms with Gasteiger partial charge in [0.05, 0.1) is 11.6 Å². The summed E-state index contributed by atoms with van der Waals surface area (Å²) < 4.78 is 0. The molecule has 2 aromatic carbocycles. The number of rotatable bonds is 3. The highest BCUT2D eigenvalue weighted by molar-refractivity contribution is 6.24. The lowest BCUT2D eigenvalue weighted by Gasteiger charge is -2.50. The monoisotopic (exact) mass is 546 g/mol. The average molecular weight is 547 g/mol. The van der Waals surface area contributed by atoms with E-state index in [1.54, 1.807) is 20.2 Å². The largest absolute Gasteiger partial charge is 0.508 e. The van der Waals surface area contributed by atoms with Crippen LogP contribution in [0, 0.1) is 11.8 Å². The van der Waals surface area contributed by atoms with E-state index >= 15 is 0 Å². The second-order valence-electron chi connectivity index (χ2n) is 12.3. The first-order valence-corrected chi connectivity index (χ1v) is 13.2. The summed E-state index contributed by atoms with van der Waals surface area (Å²) in [4.78, 5) is 40.8. The Morgan fingerprint density at radius 3 is 2.20 bits per heavy atom. The summed E-state index contributed by atoms with van der Waals surface area (Å²) in [5.41, 5.74) is 5.18. The minimum Gasteiger partial charge on any atom is -0.508 e. The Bertz CT molecular complexity index is 1530. The van der Waals surface area contributed by atoms with E-state index in [0.717, 1.165) is 16.7 Å². The highest BCUT2D eigenvalue weighted by Gasteiger charge is 2.64. The summed E-state index contributed by atoms with van der Waals surface area (Å²) in [5, 5.41) is 44.9. The van der Waals surface area contributed by atoms with Gasteiger partial charge in [0.2, 0.25) is 5.78 Å². The Morgan fingerprint density at radius 1 is 1.02 bits per heavy atom. The van der Waals surface area contributed by atoms with Crippen molar-refractivity contribution in [3.63, 3.8) is 0 Å². The zero-order chi connectivity index (χ0) is 29.5. The molecule has 3 aliphatic carbocycles. The fraction of sp³-hybridized carbons (Fsp3) is 0.387. The SMILES string of the molecule is CN(C)C1C(=O)C(C(N)=O)=C(O)[C@]2(O)C(=O)C3=C(O)c4c(O)ccc(-c5ccc(C(C)(C)C)cc5)c4C[C@@H]3C[C@@H]12. The number of benzene rings is 2. The van der Waals surface area contributed by atoms with Crippen LogP contribution in [0.1, 0.15) is 43.9 Å². The number of nitrogens with zero attached hydrogens (tertiary/aromatic N) is 1. The van der Waals surface area contributed by atoms with E-state index in [-0.39, 0.29) is 35.1 Å². The van der Waals surface area contributed by atoms with Gasteiger partial charge in [-0.05, 0) is 66.6 Å². The molecule has 4 atom stereocenters. The number of carbonyl (C=O) groups is 3. The molecule has 1 unspecified atom stereocenters. The van der Waals surface area contributed by atoms with Crippen LogP contribution in [0.3, 0.4) is 0 Å². The lowest BCUT2D eigenvalue weighted by molar-refractivity contribution is -0.153. The van der Waals surface area contributed by atoms with Crippen molar-refractivity contribution in [1.82, 2.24) is 4.90 Å². The van der Waals surface area contributed by atoms with Crippen molar-refractivity contribution in [1.29, 1.82) is 0 Å². The molecule has 0 spiro atoms. The first kappa shape index (κ1) is 27.6. The van der Waals surface area contributed by atoms with Gasteiger partial charge in [-0.2, -0.15) is 0 Å². The third kappa shape index (κ3) is 3.79. The molecule has 0 aromatic heterocycles. The second-order valence-corrected chi connectivity index (χ2v) is 12.3. The fourth-order valence-corrected chi connectivity index (χ4v) is 6.66. The van der Waals surface area contributed by atoms with Crippen molar-refractivity contribution < 1.29 is 34.8 Å². The van der Waals surface area contributed by atoms with Crippen LogP contribution in [0.5, 0.6) is 5.75 Å². The van der Waals surface area contributed by atoms with Crippen LogP contribution in [-0.2, 0) is 26.2 Å². The fourth-order valence-electron chi connectivity index (χ4n) is 6.66. The van der Waals surface area contributed by atoms with Gasteiger partial charge in [-0.25, -0.2) is 0 Å². The Morgan fingerprint density at radius 2 is 1.65 bits per heavy atom. The number of phenols is 1. The van der Waals surface area contributed by atoms with Gasteiger partial charge in [-0.15, -0.1) is 0 Å². The molecule has 40 heavy (non-hydrogen) atoms. The number of Topliss-reactive ketones (excluding diaryl/α,β-unsaturated/α-hetero) is 2. The average Bonchev–Trinajstić information content (AvgIpc) is 2.85. The molecule has 0 aliphatic heterocycles. The predicted octanol–water partition coefficient (Wildman–Crippen LogP) is 2.93. The van der Waals surface area contributed by atoms with E-state index in [0.29, 0.717) is 5.56 Å². The summed E-state index contributed by atoms with van der Waals surface area (Å²) in [6.07, 6.45) is 0.281. The summed E-state index contributed by atoms with van der Waals surface area (Å²) in [6, 6.07) is 10.1. The first-order valence-electron chi connectivity index (χ1n) is 13.2. The number of aliphatic hydroxyl groups is 3. The van der Waals surface area contributed by atoms with Crippen LogP contribution in [0.25, 0.3) is 16.9 Å². The molecule has 210 valence electrons. The predicted molar refractivity (Wildman–Crippen MR) is 148 cm³/mol. The number of ketones is 2. The molecular formula is C31H34N2O7. The van der Waals surface area contributed by atoms with Gasteiger partial charge in [0.25, 0.3) is 5.91 Å². The van der Waals surface area contributed by atoms with Crippen molar-refractivity contribution in [3.8, 4) is 16.9 Å². The van der Waals surface area contributed by atoms with Crippen LogP contribution >= 0.6 is 0 Å². The quantitative estimate of drug-likeness (QED) is 0.367. The number of hydrogen-bond acceptors (Lipinski definition) is 8. The van der Waals surface area contributed by atoms with Crippen molar-refractivity contribution in [2.45, 2.75) is 50.7 Å². The Balaban J connectivity index is 1.70. The molecule has 0 heterocycles. The van der Waals surface area contributed by atoms with Crippen molar-refractivity contribution >= 4 is 23.2 Å². The standard InChI is InChI=1S/C31H34N2O7/c1-30(2,3)16-8-6-14(7-9-16)17-10-11-20(34)22-18(17)12-15-13-19-24(33(4)5)26(36)23(29(32)39)28(38)31(19,40)27(37)21(15)25(22)35/h6-11,15,19,24,34-35,38,40H,12-13H2,1-5H3,(H2,32,39)/t15-,19+,24?,31-/m1/s1. The number of primary amides is 1. The van der Waals surface area contributed by atoms with E-state index in [1.165, 1.54) is 11.0 Å². The van der Waals surface area contributed by atoms with Gasteiger partial charge in [0.15, 0.2) is 11.4 Å². The maximum Gasteiger partial charge on any atom is 0.255 e. The van der Waals surface area contributed by atoms with Gasteiger partial charge >= 0.3 is 0 Å². The summed E-state index contributed by atoms with van der Waals surface area (Å²) in [6.45, 7) is 6.35. The molecule has 6 N–H and O–H groups in total.